The lowest BCUT2D eigenvalue weighted by atomic mass is 10.2. The molecule has 0 aliphatic heterocycles. The van der Waals surface area contributed by atoms with Crippen molar-refractivity contribution in [3.63, 3.8) is 0 Å². The summed E-state index contributed by atoms with van der Waals surface area (Å²) in [5, 5.41) is 3.54. The van der Waals surface area contributed by atoms with Gasteiger partial charge in [0.15, 0.2) is 0 Å². The van der Waals surface area contributed by atoms with Crippen molar-refractivity contribution in [3.8, 4) is 0 Å². The summed E-state index contributed by atoms with van der Waals surface area (Å²) < 4.78 is 4.78. The van der Waals surface area contributed by atoms with Gasteiger partial charge in [0.2, 0.25) is 0 Å². The van der Waals surface area contributed by atoms with Crippen LogP contribution in [0.4, 0.5) is 5.69 Å². The molecule has 0 saturated carbocycles. The van der Waals surface area contributed by atoms with E-state index in [2.05, 4.69) is 10.3 Å². The highest BCUT2D eigenvalue weighted by molar-refractivity contribution is 5.98. The molecule has 0 bridgehead atoms. The number of nitrogens with two attached hydrogens (primary N) is 1. The molecule has 1 amide bonds. The van der Waals surface area contributed by atoms with Crippen LogP contribution in [0.3, 0.4) is 0 Å². The summed E-state index contributed by atoms with van der Waals surface area (Å²) >= 11 is 0. The average Bonchev–Trinajstić information content (AvgIpc) is 2.82. The smallest absolute Gasteiger partial charge is 0.307 e. The number of fused-ring (bicyclic) bond motifs is 1. The standard InChI is InChI=1S/C14H17N3O3/c1-2-20-13(18)5-6-16-14(19)12-8-9-7-10(15)3-4-11(9)17-12/h3-4,7-8,17H,2,5-6,15H2,1H3,(H,16,19). The number of aromatic amines is 1. The maximum atomic E-state index is 11.9. The van der Waals surface area contributed by atoms with Crippen LogP contribution in [0.5, 0.6) is 0 Å². The van der Waals surface area contributed by atoms with Crippen molar-refractivity contribution >= 4 is 28.5 Å². The van der Waals surface area contributed by atoms with E-state index in [1.54, 1.807) is 25.1 Å². The fourth-order valence-electron chi connectivity index (χ4n) is 1.88. The summed E-state index contributed by atoms with van der Waals surface area (Å²) in [6.45, 7) is 2.33. The number of nitrogens with one attached hydrogen (secondary N) is 2. The number of rotatable bonds is 5. The second-order valence-corrected chi connectivity index (χ2v) is 4.34. The molecule has 4 N–H and O–H groups in total. The van der Waals surface area contributed by atoms with Gasteiger partial charge < -0.3 is 20.8 Å². The molecule has 0 aliphatic rings. The minimum Gasteiger partial charge on any atom is -0.466 e. The highest BCUT2D eigenvalue weighted by Crippen LogP contribution is 2.18. The van der Waals surface area contributed by atoms with Gasteiger partial charge >= 0.3 is 5.97 Å². The van der Waals surface area contributed by atoms with Crippen molar-refractivity contribution in [2.24, 2.45) is 0 Å². The van der Waals surface area contributed by atoms with E-state index in [1.165, 1.54) is 0 Å². The van der Waals surface area contributed by atoms with E-state index >= 15 is 0 Å². The molecule has 106 valence electrons. The van der Waals surface area contributed by atoms with Gasteiger partial charge in [-0.2, -0.15) is 0 Å². The van der Waals surface area contributed by atoms with Gasteiger partial charge in [0, 0.05) is 23.1 Å². The molecule has 0 saturated heterocycles. The van der Waals surface area contributed by atoms with Crippen molar-refractivity contribution in [2.75, 3.05) is 18.9 Å². The number of H-pyrrole nitrogens is 1. The molecular weight excluding hydrogens is 258 g/mol. The maximum Gasteiger partial charge on any atom is 0.307 e. The van der Waals surface area contributed by atoms with Crippen molar-refractivity contribution in [1.82, 2.24) is 10.3 Å². The van der Waals surface area contributed by atoms with Crippen molar-refractivity contribution in [1.29, 1.82) is 0 Å². The molecule has 20 heavy (non-hydrogen) atoms. The largest absolute Gasteiger partial charge is 0.466 e. The van der Waals surface area contributed by atoms with E-state index in [4.69, 9.17) is 10.5 Å². The molecule has 0 atom stereocenters. The van der Waals surface area contributed by atoms with E-state index in [0.29, 0.717) is 18.0 Å². The molecule has 2 rings (SSSR count). The van der Waals surface area contributed by atoms with Crippen LogP contribution in [0.25, 0.3) is 10.9 Å². The molecule has 0 aliphatic carbocycles. The van der Waals surface area contributed by atoms with Gasteiger partial charge in [-0.05, 0) is 31.2 Å². The fourth-order valence-corrected chi connectivity index (χ4v) is 1.88. The number of hydrogen-bond acceptors (Lipinski definition) is 4. The Balaban J connectivity index is 1.95. The number of carbonyl (C=O) groups is 2. The molecule has 1 aromatic heterocycles. The molecule has 0 fully saturated rings. The molecule has 6 heteroatoms. The predicted octanol–water partition coefficient (Wildman–Crippen LogP) is 1.43. The average molecular weight is 275 g/mol. The zero-order chi connectivity index (χ0) is 14.5. The number of esters is 1. The zero-order valence-electron chi connectivity index (χ0n) is 11.2. The quantitative estimate of drug-likeness (QED) is 0.568. The van der Waals surface area contributed by atoms with Crippen LogP contribution in [0, 0.1) is 0 Å². The normalized spacial score (nSPS) is 10.4. The summed E-state index contributed by atoms with van der Waals surface area (Å²) in [4.78, 5) is 26.1. The second kappa shape index (κ2) is 6.10. The molecule has 0 radical (unpaired) electrons. The minimum atomic E-state index is -0.322. The van der Waals surface area contributed by atoms with Gasteiger partial charge in [-0.25, -0.2) is 0 Å². The monoisotopic (exact) mass is 275 g/mol. The van der Waals surface area contributed by atoms with Crippen LogP contribution < -0.4 is 11.1 Å². The Bertz CT molecular complexity index is 634. The van der Waals surface area contributed by atoms with Gasteiger partial charge in [-0.15, -0.1) is 0 Å². The van der Waals surface area contributed by atoms with E-state index < -0.39 is 0 Å². The minimum absolute atomic E-state index is 0.159. The molecule has 6 nitrogen and oxygen atoms in total. The maximum absolute atomic E-state index is 11.9. The highest BCUT2D eigenvalue weighted by Gasteiger charge is 2.10. The molecule has 1 heterocycles. The first-order chi connectivity index (χ1) is 9.60. The zero-order valence-corrected chi connectivity index (χ0v) is 11.2. The van der Waals surface area contributed by atoms with Crippen molar-refractivity contribution < 1.29 is 14.3 Å². The SMILES string of the molecule is CCOC(=O)CCNC(=O)c1cc2cc(N)ccc2[nH]1. The number of ether oxygens (including phenoxy) is 1. The number of hydrogen-bond donors (Lipinski definition) is 3. The first kappa shape index (κ1) is 13.9. The van der Waals surface area contributed by atoms with E-state index in [0.717, 1.165) is 10.9 Å². The third-order valence-electron chi connectivity index (χ3n) is 2.81. The van der Waals surface area contributed by atoms with E-state index in [9.17, 15) is 9.59 Å². The van der Waals surface area contributed by atoms with E-state index in [1.807, 2.05) is 6.07 Å². The third kappa shape index (κ3) is 3.28. The molecule has 2 aromatic rings. The molecule has 0 spiro atoms. The summed E-state index contributed by atoms with van der Waals surface area (Å²) in [6, 6.07) is 7.11. The Morgan fingerprint density at radius 2 is 2.15 bits per heavy atom. The summed E-state index contributed by atoms with van der Waals surface area (Å²) in [5.41, 5.74) is 7.61. The topological polar surface area (TPSA) is 97.2 Å². The van der Waals surface area contributed by atoms with Gasteiger partial charge in [0.25, 0.3) is 5.91 Å². The second-order valence-electron chi connectivity index (χ2n) is 4.34. The number of aromatic nitrogens is 1. The Labute approximate surface area is 116 Å². The van der Waals surface area contributed by atoms with Gasteiger partial charge in [-0.3, -0.25) is 9.59 Å². The Kier molecular flexibility index (Phi) is 4.24. The lowest BCUT2D eigenvalue weighted by Gasteiger charge is -2.03. The van der Waals surface area contributed by atoms with E-state index in [-0.39, 0.29) is 24.8 Å². The molecular formula is C14H17N3O3. The Morgan fingerprint density at radius 1 is 1.35 bits per heavy atom. The summed E-state index contributed by atoms with van der Waals surface area (Å²) in [6.07, 6.45) is 0.159. The number of anilines is 1. The van der Waals surface area contributed by atoms with Crippen LogP contribution in [0.1, 0.15) is 23.8 Å². The Hall–Kier alpha value is -2.50. The lowest BCUT2D eigenvalue weighted by molar-refractivity contribution is -0.142. The van der Waals surface area contributed by atoms with Crippen LogP contribution in [0.2, 0.25) is 0 Å². The highest BCUT2D eigenvalue weighted by atomic mass is 16.5. The van der Waals surface area contributed by atoms with Crippen molar-refractivity contribution in [3.05, 3.63) is 30.0 Å². The van der Waals surface area contributed by atoms with Crippen LogP contribution >= 0.6 is 0 Å². The lowest BCUT2D eigenvalue weighted by Crippen LogP contribution is -2.26. The van der Waals surface area contributed by atoms with Crippen molar-refractivity contribution in [2.45, 2.75) is 13.3 Å². The van der Waals surface area contributed by atoms with Gasteiger partial charge in [0.05, 0.1) is 13.0 Å². The molecule has 1 aromatic carbocycles. The first-order valence-electron chi connectivity index (χ1n) is 6.42. The van der Waals surface area contributed by atoms with Gasteiger partial charge in [-0.1, -0.05) is 0 Å². The summed E-state index contributed by atoms with van der Waals surface area (Å²) in [5.74, 6) is -0.582. The fraction of sp³-hybridized carbons (Fsp3) is 0.286. The van der Waals surface area contributed by atoms with Crippen LogP contribution in [-0.2, 0) is 9.53 Å². The first-order valence-corrected chi connectivity index (χ1v) is 6.42. The Morgan fingerprint density at radius 3 is 2.90 bits per heavy atom. The predicted molar refractivity (Wildman–Crippen MR) is 76.3 cm³/mol. The number of benzene rings is 1. The number of nitrogen functional groups attached to an aromatic ring is 1. The molecule has 0 unspecified atom stereocenters. The summed E-state index contributed by atoms with van der Waals surface area (Å²) in [7, 11) is 0. The van der Waals surface area contributed by atoms with Crippen LogP contribution in [-0.4, -0.2) is 30.0 Å². The van der Waals surface area contributed by atoms with Gasteiger partial charge in [0.1, 0.15) is 5.69 Å². The number of carbonyl (C=O) groups excluding carboxylic acids is 2. The third-order valence-corrected chi connectivity index (χ3v) is 2.81. The number of amides is 1. The van der Waals surface area contributed by atoms with Crippen LogP contribution in [0.15, 0.2) is 24.3 Å².